The lowest BCUT2D eigenvalue weighted by Crippen LogP contribution is -2.55. The number of nitrogens with two attached hydrogens (primary N) is 3. The highest BCUT2D eigenvalue weighted by Crippen LogP contribution is 1.98. The normalized spacial score (nSPS) is 12.3. The van der Waals surface area contributed by atoms with Crippen LogP contribution in [0.3, 0.4) is 0 Å². The first-order valence-electron chi connectivity index (χ1n) is 3.17. The maximum absolute atomic E-state index is 10.3. The molecule has 0 atom stereocenters. The Labute approximate surface area is 64.8 Å². The van der Waals surface area contributed by atoms with Crippen LogP contribution in [0.5, 0.6) is 0 Å². The van der Waals surface area contributed by atoms with Crippen molar-refractivity contribution in [3.63, 3.8) is 0 Å². The fraction of sp³-hybridized carbons (Fsp3) is 0.500. The molecule has 0 fully saturated rings. The van der Waals surface area contributed by atoms with Crippen molar-refractivity contribution < 1.29 is 9.90 Å². The zero-order valence-electron chi connectivity index (χ0n) is 6.16. The molecule has 64 valence electrons. The van der Waals surface area contributed by atoms with Crippen LogP contribution in [-0.4, -0.2) is 23.3 Å². The lowest BCUT2D eigenvalue weighted by molar-refractivity contribution is -0.143. The zero-order chi connectivity index (χ0) is 8.91. The summed E-state index contributed by atoms with van der Waals surface area (Å²) in [5.74, 6) is -1.22. The van der Waals surface area contributed by atoms with Crippen LogP contribution in [-0.2, 0) is 4.79 Å². The molecule has 0 aromatic heterocycles. The van der Waals surface area contributed by atoms with E-state index in [2.05, 4.69) is 0 Å². The summed E-state index contributed by atoms with van der Waals surface area (Å²) in [6, 6.07) is 0. The van der Waals surface area contributed by atoms with E-state index in [1.807, 2.05) is 0 Å². The summed E-state index contributed by atoms with van der Waals surface area (Å²) in [6.07, 6.45) is 3.24. The van der Waals surface area contributed by atoms with Crippen molar-refractivity contribution in [1.82, 2.24) is 0 Å². The van der Waals surface area contributed by atoms with E-state index in [4.69, 9.17) is 22.3 Å². The first-order chi connectivity index (χ1) is 5.00. The van der Waals surface area contributed by atoms with Gasteiger partial charge in [-0.2, -0.15) is 0 Å². The summed E-state index contributed by atoms with van der Waals surface area (Å²) in [5, 5.41) is 8.43. The highest BCUT2D eigenvalue weighted by atomic mass is 16.4. The highest BCUT2D eigenvalue weighted by Gasteiger charge is 2.26. The lowest BCUT2D eigenvalue weighted by atomic mass is 10.1. The summed E-state index contributed by atoms with van der Waals surface area (Å²) < 4.78 is 0. The van der Waals surface area contributed by atoms with Crippen LogP contribution in [0.25, 0.3) is 0 Å². The van der Waals surface area contributed by atoms with Crippen LogP contribution in [0, 0.1) is 0 Å². The molecular formula is C6H13N3O2. The molecule has 0 aromatic rings. The molecule has 0 saturated heterocycles. The van der Waals surface area contributed by atoms with Crippen molar-refractivity contribution in [3.05, 3.63) is 12.2 Å². The van der Waals surface area contributed by atoms with Gasteiger partial charge in [0.1, 0.15) is 0 Å². The summed E-state index contributed by atoms with van der Waals surface area (Å²) in [4.78, 5) is 10.3. The second-order valence-corrected chi connectivity index (χ2v) is 2.26. The topological polar surface area (TPSA) is 115 Å². The van der Waals surface area contributed by atoms with Gasteiger partial charge in [0.25, 0.3) is 0 Å². The number of carboxylic acids is 1. The van der Waals surface area contributed by atoms with Crippen molar-refractivity contribution >= 4 is 5.97 Å². The van der Waals surface area contributed by atoms with Crippen molar-refractivity contribution in [1.29, 1.82) is 0 Å². The van der Waals surface area contributed by atoms with Gasteiger partial charge in [0.05, 0.1) is 0 Å². The molecule has 5 nitrogen and oxygen atoms in total. The van der Waals surface area contributed by atoms with E-state index >= 15 is 0 Å². The predicted molar refractivity (Wildman–Crippen MR) is 41.6 cm³/mol. The number of rotatable bonds is 4. The molecule has 0 aromatic carbocycles. The molecule has 11 heavy (non-hydrogen) atoms. The number of carbonyl (C=O) groups is 1. The molecule has 0 bridgehead atoms. The van der Waals surface area contributed by atoms with Crippen LogP contribution in [0.2, 0.25) is 0 Å². The molecule has 0 amide bonds. The van der Waals surface area contributed by atoms with Crippen molar-refractivity contribution in [2.45, 2.75) is 12.1 Å². The maximum atomic E-state index is 10.3. The average molecular weight is 159 g/mol. The van der Waals surface area contributed by atoms with E-state index in [9.17, 15) is 4.79 Å². The van der Waals surface area contributed by atoms with Gasteiger partial charge in [-0.25, -0.2) is 4.79 Å². The Balaban J connectivity index is 3.92. The van der Waals surface area contributed by atoms with Gasteiger partial charge in [-0.1, -0.05) is 12.2 Å². The smallest absolute Gasteiger partial charge is 0.338 e. The van der Waals surface area contributed by atoms with E-state index in [-0.39, 0.29) is 6.42 Å². The molecule has 0 rings (SSSR count). The minimum atomic E-state index is -1.67. The molecule has 0 aliphatic heterocycles. The Morgan fingerprint density at radius 3 is 2.36 bits per heavy atom. The fourth-order valence-corrected chi connectivity index (χ4v) is 0.462. The first-order valence-corrected chi connectivity index (χ1v) is 3.17. The van der Waals surface area contributed by atoms with Gasteiger partial charge in [0.15, 0.2) is 5.66 Å². The number of carboxylic acid groups (broad SMARTS) is 1. The zero-order valence-corrected chi connectivity index (χ0v) is 6.16. The lowest BCUT2D eigenvalue weighted by Gasteiger charge is -2.15. The van der Waals surface area contributed by atoms with Crippen molar-refractivity contribution in [2.75, 3.05) is 6.54 Å². The van der Waals surface area contributed by atoms with E-state index in [1.54, 1.807) is 12.2 Å². The molecule has 0 heterocycles. The second kappa shape index (κ2) is 4.07. The Morgan fingerprint density at radius 1 is 1.45 bits per heavy atom. The largest absolute Gasteiger partial charge is 0.479 e. The molecule has 0 aliphatic rings. The molecule has 7 N–H and O–H groups in total. The Bertz CT molecular complexity index is 165. The first kappa shape index (κ1) is 10.1. The van der Waals surface area contributed by atoms with Gasteiger partial charge in [-0.15, -0.1) is 0 Å². The van der Waals surface area contributed by atoms with Crippen LogP contribution in [0.15, 0.2) is 12.2 Å². The molecular weight excluding hydrogens is 146 g/mol. The van der Waals surface area contributed by atoms with Gasteiger partial charge in [-0.05, 0) is 0 Å². The number of hydrogen-bond acceptors (Lipinski definition) is 4. The number of hydrogen-bond donors (Lipinski definition) is 4. The highest BCUT2D eigenvalue weighted by molar-refractivity contribution is 5.77. The minimum Gasteiger partial charge on any atom is -0.479 e. The van der Waals surface area contributed by atoms with Gasteiger partial charge < -0.3 is 22.3 Å². The van der Waals surface area contributed by atoms with E-state index in [0.29, 0.717) is 6.54 Å². The average Bonchev–Trinajstić information content (AvgIpc) is 1.88. The Hall–Kier alpha value is -0.910. The van der Waals surface area contributed by atoms with Crippen molar-refractivity contribution in [3.8, 4) is 0 Å². The van der Waals surface area contributed by atoms with Crippen LogP contribution in [0.4, 0.5) is 0 Å². The van der Waals surface area contributed by atoms with Gasteiger partial charge >= 0.3 is 5.97 Å². The molecule has 0 aliphatic carbocycles. The standard InChI is InChI=1S/C6H13N3O2/c7-4-2-1-3-6(8,9)5(10)11/h1-2H,3-4,7-9H2,(H,10,11)/b2-1+. The van der Waals surface area contributed by atoms with Gasteiger partial charge in [-0.3, -0.25) is 0 Å². The molecule has 0 unspecified atom stereocenters. The van der Waals surface area contributed by atoms with E-state index < -0.39 is 11.6 Å². The Kier molecular flexibility index (Phi) is 3.73. The predicted octanol–water partition coefficient (Wildman–Crippen LogP) is -1.41. The summed E-state index contributed by atoms with van der Waals surface area (Å²) in [7, 11) is 0. The third kappa shape index (κ3) is 3.72. The third-order valence-electron chi connectivity index (χ3n) is 1.16. The molecule has 0 saturated carbocycles. The second-order valence-electron chi connectivity index (χ2n) is 2.26. The Morgan fingerprint density at radius 2 is 2.00 bits per heavy atom. The minimum absolute atomic E-state index is 0.0829. The molecule has 0 radical (unpaired) electrons. The molecule has 5 heteroatoms. The quantitative estimate of drug-likeness (QED) is 0.297. The van der Waals surface area contributed by atoms with E-state index in [1.165, 1.54) is 0 Å². The van der Waals surface area contributed by atoms with Crippen LogP contribution >= 0.6 is 0 Å². The van der Waals surface area contributed by atoms with E-state index in [0.717, 1.165) is 0 Å². The number of aliphatic carboxylic acids is 1. The summed E-state index contributed by atoms with van der Waals surface area (Å²) in [6.45, 7) is 0.357. The van der Waals surface area contributed by atoms with Gasteiger partial charge in [0, 0.05) is 13.0 Å². The summed E-state index contributed by atoms with van der Waals surface area (Å²) >= 11 is 0. The third-order valence-corrected chi connectivity index (χ3v) is 1.16. The monoisotopic (exact) mass is 159 g/mol. The van der Waals surface area contributed by atoms with Crippen LogP contribution < -0.4 is 17.2 Å². The van der Waals surface area contributed by atoms with Crippen molar-refractivity contribution in [2.24, 2.45) is 17.2 Å². The summed E-state index contributed by atoms with van der Waals surface area (Å²) in [5.41, 5.74) is 13.8. The SMILES string of the molecule is NC/C=C/CC(N)(N)C(=O)O. The van der Waals surface area contributed by atoms with Crippen LogP contribution in [0.1, 0.15) is 6.42 Å². The molecule has 0 spiro atoms. The fourth-order valence-electron chi connectivity index (χ4n) is 0.462. The maximum Gasteiger partial charge on any atom is 0.338 e. The van der Waals surface area contributed by atoms with Gasteiger partial charge in [0.2, 0.25) is 0 Å².